The van der Waals surface area contributed by atoms with Gasteiger partial charge < -0.3 is 14.7 Å². The van der Waals surface area contributed by atoms with Crippen molar-refractivity contribution in [2.75, 3.05) is 19.7 Å². The second-order valence-corrected chi connectivity index (χ2v) is 5.10. The van der Waals surface area contributed by atoms with Crippen LogP contribution in [0.4, 0.5) is 4.39 Å². The Morgan fingerprint density at radius 3 is 2.91 bits per heavy atom. The summed E-state index contributed by atoms with van der Waals surface area (Å²) in [6.45, 7) is 2.09. The molecule has 6 heteroatoms. The lowest BCUT2D eigenvalue weighted by Gasteiger charge is -2.27. The Labute approximate surface area is 128 Å². The Bertz CT molecular complexity index is 612. The minimum Gasteiger partial charge on any atom is -0.489 e. The highest BCUT2D eigenvalue weighted by molar-refractivity contribution is 5.98. The molecule has 0 atom stereocenters. The molecule has 0 unspecified atom stereocenters. The van der Waals surface area contributed by atoms with E-state index >= 15 is 0 Å². The van der Waals surface area contributed by atoms with E-state index in [1.807, 2.05) is 6.92 Å². The number of aliphatic carboxylic acids is 1. The Morgan fingerprint density at radius 1 is 1.50 bits per heavy atom. The summed E-state index contributed by atoms with van der Waals surface area (Å²) >= 11 is 0. The Balaban J connectivity index is 2.10. The van der Waals surface area contributed by atoms with Crippen molar-refractivity contribution in [1.82, 2.24) is 4.90 Å². The monoisotopic (exact) mass is 307 g/mol. The normalized spacial score (nSPS) is 14.7. The molecule has 1 amide bonds. The van der Waals surface area contributed by atoms with Crippen LogP contribution in [0.25, 0.3) is 0 Å². The number of hydrogen-bond acceptors (Lipinski definition) is 3. The van der Waals surface area contributed by atoms with Crippen LogP contribution >= 0.6 is 0 Å². The van der Waals surface area contributed by atoms with E-state index in [0.717, 1.165) is 5.56 Å². The summed E-state index contributed by atoms with van der Waals surface area (Å²) in [5.41, 5.74) is 1.88. The molecule has 0 radical (unpaired) electrons. The van der Waals surface area contributed by atoms with Crippen molar-refractivity contribution < 1.29 is 23.8 Å². The van der Waals surface area contributed by atoms with Crippen molar-refractivity contribution in [3.63, 3.8) is 0 Å². The van der Waals surface area contributed by atoms with Crippen LogP contribution in [0.5, 0.6) is 5.75 Å². The number of nitrogens with zero attached hydrogens (tertiary/aromatic N) is 1. The number of carbonyl (C=O) groups excluding carboxylic acids is 1. The minimum atomic E-state index is -1.03. The molecule has 0 saturated carbocycles. The van der Waals surface area contributed by atoms with Gasteiger partial charge in [0.1, 0.15) is 18.9 Å². The first kappa shape index (κ1) is 16.0. The first-order chi connectivity index (χ1) is 10.5. The summed E-state index contributed by atoms with van der Waals surface area (Å²) in [6, 6.07) is 5.04. The van der Waals surface area contributed by atoms with Gasteiger partial charge in [0.25, 0.3) is 5.91 Å². The number of carbonyl (C=O) groups is 2. The summed E-state index contributed by atoms with van der Waals surface area (Å²) in [5.74, 6) is -0.735. The highest BCUT2D eigenvalue weighted by Crippen LogP contribution is 2.24. The molecule has 118 valence electrons. The molecule has 1 aliphatic rings. The molecular formula is C16H18FNO4. The molecule has 2 rings (SSSR count). The molecule has 5 nitrogen and oxygen atoms in total. The van der Waals surface area contributed by atoms with E-state index < -0.39 is 5.97 Å². The topological polar surface area (TPSA) is 66.8 Å². The van der Waals surface area contributed by atoms with Gasteiger partial charge in [-0.3, -0.25) is 9.59 Å². The van der Waals surface area contributed by atoms with E-state index in [-0.39, 0.29) is 19.1 Å². The average Bonchev–Trinajstić information content (AvgIpc) is 2.51. The van der Waals surface area contributed by atoms with Crippen LogP contribution in [0.3, 0.4) is 0 Å². The zero-order valence-electron chi connectivity index (χ0n) is 12.3. The zero-order chi connectivity index (χ0) is 16.1. The van der Waals surface area contributed by atoms with Crippen LogP contribution in [-0.2, 0) is 11.2 Å². The van der Waals surface area contributed by atoms with Gasteiger partial charge in [0, 0.05) is 12.1 Å². The lowest BCUT2D eigenvalue weighted by atomic mass is 9.98. The van der Waals surface area contributed by atoms with Gasteiger partial charge >= 0.3 is 5.97 Å². The van der Waals surface area contributed by atoms with Gasteiger partial charge in [0.05, 0.1) is 6.33 Å². The van der Waals surface area contributed by atoms with Crippen LogP contribution in [0.2, 0.25) is 0 Å². The standard InChI is InChI=1S/C16H18FNO4/c1-2-11(8-17)10-22-13-3-4-14-12(7-13)5-6-18(16(14)21)9-15(19)20/h3-4,7-8H,2,5-6,9-10H2,1H3,(H,19,20)/b11-8+. The summed E-state index contributed by atoms with van der Waals surface area (Å²) in [5, 5.41) is 8.79. The highest BCUT2D eigenvalue weighted by atomic mass is 19.1. The fraction of sp³-hybridized carbons (Fsp3) is 0.375. The molecule has 0 saturated heterocycles. The number of fused-ring (bicyclic) bond motifs is 1. The molecule has 1 aliphatic heterocycles. The number of hydrogen-bond donors (Lipinski definition) is 1. The summed E-state index contributed by atoms with van der Waals surface area (Å²) in [6.07, 6.45) is 1.70. The van der Waals surface area contributed by atoms with Gasteiger partial charge in [-0.05, 0) is 42.2 Å². The van der Waals surface area contributed by atoms with E-state index in [0.29, 0.717) is 42.6 Å². The molecule has 22 heavy (non-hydrogen) atoms. The second kappa shape index (κ2) is 7.06. The first-order valence-electron chi connectivity index (χ1n) is 7.10. The molecule has 1 aromatic carbocycles. The quantitative estimate of drug-likeness (QED) is 0.876. The van der Waals surface area contributed by atoms with E-state index in [1.54, 1.807) is 18.2 Å². The van der Waals surface area contributed by atoms with Gasteiger partial charge in [-0.25, -0.2) is 4.39 Å². The van der Waals surface area contributed by atoms with Crippen LogP contribution in [0.15, 0.2) is 30.1 Å². The molecular weight excluding hydrogens is 289 g/mol. The number of halogens is 1. The largest absolute Gasteiger partial charge is 0.489 e. The molecule has 1 heterocycles. The van der Waals surface area contributed by atoms with Crippen molar-refractivity contribution in [3.8, 4) is 5.75 Å². The van der Waals surface area contributed by atoms with Crippen molar-refractivity contribution in [2.45, 2.75) is 19.8 Å². The Hall–Kier alpha value is -2.37. The third kappa shape index (κ3) is 3.63. The summed E-state index contributed by atoms with van der Waals surface area (Å²) in [4.78, 5) is 24.2. The third-order valence-electron chi connectivity index (χ3n) is 3.60. The predicted octanol–water partition coefficient (Wildman–Crippen LogP) is 2.41. The number of amides is 1. The minimum absolute atomic E-state index is 0.172. The van der Waals surface area contributed by atoms with Gasteiger partial charge in [0.2, 0.25) is 0 Å². The Kier molecular flexibility index (Phi) is 5.14. The lowest BCUT2D eigenvalue weighted by molar-refractivity contribution is -0.137. The van der Waals surface area contributed by atoms with E-state index in [4.69, 9.17) is 9.84 Å². The zero-order valence-corrected chi connectivity index (χ0v) is 12.3. The number of benzene rings is 1. The maximum Gasteiger partial charge on any atom is 0.323 e. The van der Waals surface area contributed by atoms with E-state index in [2.05, 4.69) is 0 Å². The number of ether oxygens (including phenoxy) is 1. The smallest absolute Gasteiger partial charge is 0.323 e. The van der Waals surface area contributed by atoms with Crippen molar-refractivity contribution in [1.29, 1.82) is 0 Å². The predicted molar refractivity (Wildman–Crippen MR) is 78.7 cm³/mol. The van der Waals surface area contributed by atoms with E-state index in [9.17, 15) is 14.0 Å². The van der Waals surface area contributed by atoms with Crippen LogP contribution in [0, 0.1) is 0 Å². The Morgan fingerprint density at radius 2 is 2.27 bits per heavy atom. The van der Waals surface area contributed by atoms with Crippen molar-refractivity contribution in [2.24, 2.45) is 0 Å². The molecule has 1 aromatic rings. The fourth-order valence-electron chi connectivity index (χ4n) is 2.30. The lowest BCUT2D eigenvalue weighted by Crippen LogP contribution is -2.40. The maximum atomic E-state index is 12.5. The number of rotatable bonds is 6. The first-order valence-corrected chi connectivity index (χ1v) is 7.10. The molecule has 0 spiro atoms. The van der Waals surface area contributed by atoms with Crippen LogP contribution in [0.1, 0.15) is 29.3 Å². The second-order valence-electron chi connectivity index (χ2n) is 5.10. The molecule has 1 N–H and O–H groups in total. The molecule has 0 aromatic heterocycles. The maximum absolute atomic E-state index is 12.5. The average molecular weight is 307 g/mol. The van der Waals surface area contributed by atoms with Gasteiger partial charge in [0.15, 0.2) is 0 Å². The number of carboxylic acid groups (broad SMARTS) is 1. The van der Waals surface area contributed by atoms with Crippen molar-refractivity contribution >= 4 is 11.9 Å². The number of carboxylic acids is 1. The summed E-state index contributed by atoms with van der Waals surface area (Å²) < 4.78 is 18.0. The fourth-order valence-corrected chi connectivity index (χ4v) is 2.30. The van der Waals surface area contributed by atoms with E-state index in [1.165, 1.54) is 4.90 Å². The SMILES string of the molecule is CC/C(=C\F)COc1ccc2c(c1)CCN(CC(=O)O)C2=O. The van der Waals surface area contributed by atoms with Crippen LogP contribution < -0.4 is 4.74 Å². The van der Waals surface area contributed by atoms with Gasteiger partial charge in [-0.15, -0.1) is 0 Å². The molecule has 0 bridgehead atoms. The highest BCUT2D eigenvalue weighted by Gasteiger charge is 2.25. The van der Waals surface area contributed by atoms with Gasteiger partial charge in [-0.2, -0.15) is 0 Å². The molecule has 0 fully saturated rings. The third-order valence-corrected chi connectivity index (χ3v) is 3.60. The van der Waals surface area contributed by atoms with Crippen molar-refractivity contribution in [3.05, 3.63) is 41.2 Å². The van der Waals surface area contributed by atoms with Gasteiger partial charge in [-0.1, -0.05) is 6.92 Å². The summed E-state index contributed by atoms with van der Waals surface area (Å²) in [7, 11) is 0. The van der Waals surface area contributed by atoms with Crippen LogP contribution in [-0.4, -0.2) is 41.6 Å². The molecule has 0 aliphatic carbocycles.